The predicted octanol–water partition coefficient (Wildman–Crippen LogP) is 2.71. The third kappa shape index (κ3) is 5.89. The Bertz CT molecular complexity index is 637. The first-order chi connectivity index (χ1) is 10.2. The van der Waals surface area contributed by atoms with E-state index < -0.39 is 18.9 Å². The molecule has 2 aromatic carbocycles. The van der Waals surface area contributed by atoms with E-state index in [9.17, 15) is 13.2 Å². The van der Waals surface area contributed by atoms with Crippen LogP contribution in [-0.2, 0) is 6.18 Å². The standard InChI is InChI=1S/C7H6BF3O2.C7H4BrN/c9-7(10,11)5-1-3-6(4-2-5)8(12)13;8-7-3-1-6(5-9)2-4-7/h1-4,12-13H;1-4H. The molecule has 0 saturated heterocycles. The van der Waals surface area contributed by atoms with E-state index >= 15 is 0 Å². The van der Waals surface area contributed by atoms with Crippen molar-refractivity contribution in [1.29, 1.82) is 5.26 Å². The summed E-state index contributed by atoms with van der Waals surface area (Å²) in [6.07, 6.45) is -4.39. The number of nitriles is 1. The van der Waals surface area contributed by atoms with Gasteiger partial charge in [0.15, 0.2) is 0 Å². The van der Waals surface area contributed by atoms with E-state index in [-0.39, 0.29) is 5.46 Å². The number of benzene rings is 2. The van der Waals surface area contributed by atoms with Gasteiger partial charge in [0.1, 0.15) is 0 Å². The van der Waals surface area contributed by atoms with Gasteiger partial charge in [0, 0.05) is 4.47 Å². The molecule has 0 radical (unpaired) electrons. The molecule has 0 aliphatic rings. The molecule has 2 rings (SSSR count). The fourth-order valence-electron chi connectivity index (χ4n) is 1.37. The van der Waals surface area contributed by atoms with E-state index in [1.54, 1.807) is 12.1 Å². The van der Waals surface area contributed by atoms with Gasteiger partial charge in [0.2, 0.25) is 0 Å². The maximum absolute atomic E-state index is 12.0. The number of rotatable bonds is 1. The Balaban J connectivity index is 0.000000235. The van der Waals surface area contributed by atoms with Crippen molar-refractivity contribution >= 4 is 28.5 Å². The normalized spacial score (nSPS) is 10.2. The summed E-state index contributed by atoms with van der Waals surface area (Å²) in [6, 6.07) is 12.9. The third-order valence-corrected chi connectivity index (χ3v) is 3.04. The van der Waals surface area contributed by atoms with E-state index in [1.807, 2.05) is 18.2 Å². The average Bonchev–Trinajstić information content (AvgIpc) is 2.48. The minimum absolute atomic E-state index is 0.0352. The van der Waals surface area contributed by atoms with Crippen LogP contribution in [0.25, 0.3) is 0 Å². The second-order valence-electron chi connectivity index (χ2n) is 4.11. The average molecular weight is 372 g/mol. The highest BCUT2D eigenvalue weighted by atomic mass is 79.9. The summed E-state index contributed by atoms with van der Waals surface area (Å²) in [5.41, 5.74) is -0.0805. The van der Waals surface area contributed by atoms with Gasteiger partial charge >= 0.3 is 13.3 Å². The third-order valence-electron chi connectivity index (χ3n) is 2.51. The second-order valence-corrected chi connectivity index (χ2v) is 5.03. The van der Waals surface area contributed by atoms with Crippen LogP contribution < -0.4 is 5.46 Å². The van der Waals surface area contributed by atoms with Crippen LogP contribution in [0.2, 0.25) is 0 Å². The van der Waals surface area contributed by atoms with Crippen LogP contribution in [0, 0.1) is 11.3 Å². The van der Waals surface area contributed by atoms with Crippen LogP contribution in [0.5, 0.6) is 0 Å². The Morgan fingerprint density at radius 1 is 0.955 bits per heavy atom. The van der Waals surface area contributed by atoms with Crippen molar-refractivity contribution in [3.05, 3.63) is 64.1 Å². The number of hydrogen-bond acceptors (Lipinski definition) is 3. The zero-order valence-electron chi connectivity index (χ0n) is 11.0. The fraction of sp³-hybridized carbons (Fsp3) is 0.0714. The molecule has 8 heteroatoms. The van der Waals surface area contributed by atoms with Crippen molar-refractivity contribution in [3.8, 4) is 6.07 Å². The van der Waals surface area contributed by atoms with Gasteiger partial charge in [-0.1, -0.05) is 40.2 Å². The fourth-order valence-corrected chi connectivity index (χ4v) is 1.63. The minimum Gasteiger partial charge on any atom is -0.423 e. The van der Waals surface area contributed by atoms with E-state index in [0.29, 0.717) is 5.56 Å². The molecule has 0 heterocycles. The highest BCUT2D eigenvalue weighted by Crippen LogP contribution is 2.28. The van der Waals surface area contributed by atoms with E-state index in [1.165, 1.54) is 0 Å². The molecule has 0 amide bonds. The van der Waals surface area contributed by atoms with Gasteiger partial charge in [-0.15, -0.1) is 0 Å². The minimum atomic E-state index is -4.39. The molecule has 0 unspecified atom stereocenters. The highest BCUT2D eigenvalue weighted by Gasteiger charge is 2.30. The molecule has 2 aromatic rings. The summed E-state index contributed by atoms with van der Waals surface area (Å²) in [5, 5.41) is 25.5. The Labute approximate surface area is 133 Å². The van der Waals surface area contributed by atoms with Crippen molar-refractivity contribution in [2.45, 2.75) is 6.18 Å². The molecule has 0 atom stereocenters. The number of hydrogen-bond donors (Lipinski definition) is 2. The summed E-state index contributed by atoms with van der Waals surface area (Å²) in [4.78, 5) is 0. The lowest BCUT2D eigenvalue weighted by Gasteiger charge is -2.06. The Morgan fingerprint density at radius 2 is 1.45 bits per heavy atom. The summed E-state index contributed by atoms with van der Waals surface area (Å²) in [6.45, 7) is 0. The first kappa shape index (κ1) is 18.2. The van der Waals surface area contributed by atoms with Crippen LogP contribution in [0.3, 0.4) is 0 Å². The summed E-state index contributed by atoms with van der Waals surface area (Å²) in [7, 11) is -1.73. The molecule has 0 aliphatic carbocycles. The van der Waals surface area contributed by atoms with Crippen LogP contribution in [0.1, 0.15) is 11.1 Å². The van der Waals surface area contributed by atoms with Crippen LogP contribution >= 0.6 is 15.9 Å². The molecule has 22 heavy (non-hydrogen) atoms. The maximum atomic E-state index is 12.0. The smallest absolute Gasteiger partial charge is 0.423 e. The van der Waals surface area contributed by atoms with E-state index in [2.05, 4.69) is 15.9 Å². The summed E-state index contributed by atoms with van der Waals surface area (Å²) < 4.78 is 37.0. The molecule has 0 aromatic heterocycles. The Morgan fingerprint density at radius 3 is 1.82 bits per heavy atom. The predicted molar refractivity (Wildman–Crippen MR) is 80.1 cm³/mol. The van der Waals surface area contributed by atoms with Crippen molar-refractivity contribution in [2.24, 2.45) is 0 Å². The molecule has 3 nitrogen and oxygen atoms in total. The second kappa shape index (κ2) is 7.99. The van der Waals surface area contributed by atoms with Crippen molar-refractivity contribution in [1.82, 2.24) is 0 Å². The molecule has 2 N–H and O–H groups in total. The topological polar surface area (TPSA) is 64.2 Å². The first-order valence-corrected chi connectivity index (χ1v) is 6.72. The molecular weight excluding hydrogens is 362 g/mol. The van der Waals surface area contributed by atoms with Crippen molar-refractivity contribution in [2.75, 3.05) is 0 Å². The number of alkyl halides is 3. The SMILES string of the molecule is N#Cc1ccc(Br)cc1.OB(O)c1ccc(C(F)(F)F)cc1. The molecular formula is C14H10BBrF3NO2. The lowest BCUT2D eigenvalue weighted by molar-refractivity contribution is -0.137. The molecule has 114 valence electrons. The quantitative estimate of drug-likeness (QED) is 0.757. The zero-order chi connectivity index (χ0) is 16.8. The molecule has 0 fully saturated rings. The Kier molecular flexibility index (Phi) is 6.62. The molecule has 0 aliphatic heterocycles. The van der Waals surface area contributed by atoms with Gasteiger partial charge in [-0.05, 0) is 29.7 Å². The summed E-state index contributed by atoms with van der Waals surface area (Å²) in [5.74, 6) is 0. The Hall–Kier alpha value is -1.82. The summed E-state index contributed by atoms with van der Waals surface area (Å²) >= 11 is 3.27. The largest absolute Gasteiger partial charge is 0.488 e. The lowest BCUT2D eigenvalue weighted by Crippen LogP contribution is -2.29. The van der Waals surface area contributed by atoms with Gasteiger partial charge in [-0.3, -0.25) is 0 Å². The van der Waals surface area contributed by atoms with Crippen LogP contribution in [0.4, 0.5) is 13.2 Å². The molecule has 0 bridgehead atoms. The molecule has 0 spiro atoms. The van der Waals surface area contributed by atoms with Gasteiger partial charge in [-0.2, -0.15) is 18.4 Å². The first-order valence-electron chi connectivity index (χ1n) is 5.93. The van der Waals surface area contributed by atoms with Gasteiger partial charge in [-0.25, -0.2) is 0 Å². The van der Waals surface area contributed by atoms with Crippen molar-refractivity contribution in [3.63, 3.8) is 0 Å². The number of halogens is 4. The van der Waals surface area contributed by atoms with Crippen LogP contribution in [0.15, 0.2) is 53.0 Å². The maximum Gasteiger partial charge on any atom is 0.488 e. The number of nitrogens with zero attached hydrogens (tertiary/aromatic N) is 1. The van der Waals surface area contributed by atoms with Crippen LogP contribution in [-0.4, -0.2) is 17.2 Å². The van der Waals surface area contributed by atoms with E-state index in [0.717, 1.165) is 28.7 Å². The molecule has 0 saturated carbocycles. The van der Waals surface area contributed by atoms with Gasteiger partial charge < -0.3 is 10.0 Å². The monoisotopic (exact) mass is 371 g/mol. The zero-order valence-corrected chi connectivity index (χ0v) is 12.6. The van der Waals surface area contributed by atoms with Gasteiger partial charge in [0.05, 0.1) is 17.2 Å². The van der Waals surface area contributed by atoms with Crippen molar-refractivity contribution < 1.29 is 23.2 Å². The van der Waals surface area contributed by atoms with E-state index in [4.69, 9.17) is 15.3 Å². The lowest BCUT2D eigenvalue weighted by atomic mass is 9.80. The highest BCUT2D eigenvalue weighted by molar-refractivity contribution is 9.10. The van der Waals surface area contributed by atoms with Gasteiger partial charge in [0.25, 0.3) is 0 Å².